The summed E-state index contributed by atoms with van der Waals surface area (Å²) < 4.78 is 0. The van der Waals surface area contributed by atoms with Crippen molar-refractivity contribution in [3.63, 3.8) is 0 Å². The summed E-state index contributed by atoms with van der Waals surface area (Å²) in [5, 5.41) is 0. The fourth-order valence-electron chi connectivity index (χ4n) is 1.27. The van der Waals surface area contributed by atoms with Crippen molar-refractivity contribution in [3.8, 4) is 0 Å². The maximum atomic E-state index is 4.04. The van der Waals surface area contributed by atoms with E-state index in [-0.39, 0.29) is 0 Å². The highest BCUT2D eigenvalue weighted by molar-refractivity contribution is 5.57. The lowest BCUT2D eigenvalue weighted by atomic mass is 9.94. The van der Waals surface area contributed by atoms with Crippen molar-refractivity contribution in [2.45, 2.75) is 27.7 Å². The molecule has 0 heteroatoms. The third-order valence-corrected chi connectivity index (χ3v) is 2.26. The molecule has 86 valence electrons. The molecule has 0 heterocycles. The third-order valence-electron chi connectivity index (χ3n) is 2.26. The average molecular weight is 214 g/mol. The van der Waals surface area contributed by atoms with Crippen LogP contribution in [0.15, 0.2) is 71.9 Å². The Morgan fingerprint density at radius 1 is 1.00 bits per heavy atom. The van der Waals surface area contributed by atoms with Crippen LogP contribution in [0.2, 0.25) is 0 Å². The van der Waals surface area contributed by atoms with E-state index in [0.717, 1.165) is 22.3 Å². The summed E-state index contributed by atoms with van der Waals surface area (Å²) >= 11 is 0. The van der Waals surface area contributed by atoms with E-state index in [1.807, 2.05) is 26.0 Å². The summed E-state index contributed by atoms with van der Waals surface area (Å²) in [6, 6.07) is 0. The van der Waals surface area contributed by atoms with Gasteiger partial charge in [0.05, 0.1) is 0 Å². The summed E-state index contributed by atoms with van der Waals surface area (Å²) in [5.74, 6) is 0. The van der Waals surface area contributed by atoms with E-state index in [2.05, 4.69) is 45.7 Å². The van der Waals surface area contributed by atoms with Gasteiger partial charge in [-0.25, -0.2) is 0 Å². The van der Waals surface area contributed by atoms with Crippen molar-refractivity contribution in [1.29, 1.82) is 0 Å². The Morgan fingerprint density at radius 2 is 1.56 bits per heavy atom. The monoisotopic (exact) mass is 214 g/mol. The molecule has 0 spiro atoms. The number of allylic oxidation sites excluding steroid dienone is 9. The molecule has 0 atom stereocenters. The second-order valence-electron chi connectivity index (χ2n) is 4.03. The molecule has 0 nitrogen and oxygen atoms in total. The molecule has 0 aromatic heterocycles. The van der Waals surface area contributed by atoms with Crippen LogP contribution < -0.4 is 0 Å². The van der Waals surface area contributed by atoms with Crippen molar-refractivity contribution in [3.05, 3.63) is 71.9 Å². The zero-order valence-corrected chi connectivity index (χ0v) is 10.9. The molecule has 0 amide bonds. The molecular weight excluding hydrogens is 192 g/mol. The maximum absolute atomic E-state index is 4.04. The van der Waals surface area contributed by atoms with Gasteiger partial charge >= 0.3 is 0 Å². The first-order valence-corrected chi connectivity index (χ1v) is 5.43. The molecule has 0 saturated heterocycles. The Kier molecular flexibility index (Phi) is 6.17. The van der Waals surface area contributed by atoms with Gasteiger partial charge in [0.15, 0.2) is 0 Å². The van der Waals surface area contributed by atoms with Crippen molar-refractivity contribution in [2.24, 2.45) is 0 Å². The smallest absolute Gasteiger partial charge is 0.0158 e. The molecule has 0 aliphatic heterocycles. The number of hydrogen-bond acceptors (Lipinski definition) is 0. The van der Waals surface area contributed by atoms with E-state index in [0.29, 0.717) is 0 Å². The van der Waals surface area contributed by atoms with Crippen molar-refractivity contribution < 1.29 is 0 Å². The molecule has 0 unspecified atom stereocenters. The Hall–Kier alpha value is -1.56. The molecule has 0 saturated carbocycles. The summed E-state index contributed by atoms with van der Waals surface area (Å²) in [6.07, 6.45) is 8.03. The fraction of sp³-hybridized carbons (Fsp3) is 0.250. The van der Waals surface area contributed by atoms with Crippen LogP contribution in [0.25, 0.3) is 0 Å². The van der Waals surface area contributed by atoms with Crippen molar-refractivity contribution in [1.82, 2.24) is 0 Å². The minimum Gasteiger partial charge on any atom is -0.0984 e. The summed E-state index contributed by atoms with van der Waals surface area (Å²) in [7, 11) is 0. The average Bonchev–Trinajstić information content (AvgIpc) is 2.22. The lowest BCUT2D eigenvalue weighted by molar-refractivity contribution is 1.34. The van der Waals surface area contributed by atoms with Crippen LogP contribution in [0.3, 0.4) is 0 Å². The summed E-state index contributed by atoms with van der Waals surface area (Å²) in [5.41, 5.74) is 5.39. The van der Waals surface area contributed by atoms with E-state index < -0.39 is 0 Å². The molecule has 0 aromatic rings. The van der Waals surface area contributed by atoms with E-state index in [9.17, 15) is 0 Å². The highest BCUT2D eigenvalue weighted by Crippen LogP contribution is 2.24. The van der Waals surface area contributed by atoms with Crippen molar-refractivity contribution in [2.75, 3.05) is 0 Å². The minimum atomic E-state index is 0.968. The van der Waals surface area contributed by atoms with E-state index in [1.54, 1.807) is 0 Å². The first-order valence-electron chi connectivity index (χ1n) is 5.43. The molecule has 0 fully saturated rings. The van der Waals surface area contributed by atoms with Crippen LogP contribution in [-0.2, 0) is 0 Å². The highest BCUT2D eigenvalue weighted by Gasteiger charge is 2.05. The molecule has 0 aliphatic rings. The van der Waals surface area contributed by atoms with Gasteiger partial charge in [-0.2, -0.15) is 0 Å². The second-order valence-corrected chi connectivity index (χ2v) is 4.03. The molecule has 0 bridgehead atoms. The van der Waals surface area contributed by atoms with Crippen LogP contribution in [0.5, 0.6) is 0 Å². The van der Waals surface area contributed by atoms with Crippen molar-refractivity contribution >= 4 is 0 Å². The molecule has 0 N–H and O–H groups in total. The Balaban J connectivity index is 5.31. The van der Waals surface area contributed by atoms with Gasteiger partial charge in [-0.15, -0.1) is 0 Å². The molecule has 0 aliphatic carbocycles. The summed E-state index contributed by atoms with van der Waals surface area (Å²) in [4.78, 5) is 0. The van der Waals surface area contributed by atoms with Gasteiger partial charge in [0.1, 0.15) is 0 Å². The zero-order valence-electron chi connectivity index (χ0n) is 10.9. The Morgan fingerprint density at radius 3 is 1.88 bits per heavy atom. The van der Waals surface area contributed by atoms with E-state index in [4.69, 9.17) is 0 Å². The SMILES string of the molecule is C=CC(=C\C=C(C)C)/C(=C/C)C(=C)C(=C)C. The Labute approximate surface area is 100 Å². The van der Waals surface area contributed by atoms with Gasteiger partial charge in [-0.3, -0.25) is 0 Å². The van der Waals surface area contributed by atoms with Gasteiger partial charge in [0.25, 0.3) is 0 Å². The molecule has 0 radical (unpaired) electrons. The maximum Gasteiger partial charge on any atom is -0.0158 e. The predicted molar refractivity (Wildman–Crippen MR) is 75.4 cm³/mol. The quantitative estimate of drug-likeness (QED) is 0.556. The van der Waals surface area contributed by atoms with E-state index >= 15 is 0 Å². The largest absolute Gasteiger partial charge is 0.0984 e. The third kappa shape index (κ3) is 4.31. The molecule has 0 rings (SSSR count). The first kappa shape index (κ1) is 14.4. The van der Waals surface area contributed by atoms with Gasteiger partial charge < -0.3 is 0 Å². The fourth-order valence-corrected chi connectivity index (χ4v) is 1.27. The van der Waals surface area contributed by atoms with Crippen LogP contribution in [0.1, 0.15) is 27.7 Å². The van der Waals surface area contributed by atoms with E-state index in [1.165, 1.54) is 5.57 Å². The highest BCUT2D eigenvalue weighted by atomic mass is 14.1. The second kappa shape index (κ2) is 6.84. The number of rotatable bonds is 5. The number of hydrogen-bond donors (Lipinski definition) is 0. The van der Waals surface area contributed by atoms with Crippen LogP contribution in [0, 0.1) is 0 Å². The predicted octanol–water partition coefficient (Wildman–Crippen LogP) is 5.14. The zero-order chi connectivity index (χ0) is 12.7. The van der Waals surface area contributed by atoms with Gasteiger partial charge in [0, 0.05) is 0 Å². The normalized spacial score (nSPS) is 12.0. The van der Waals surface area contributed by atoms with Gasteiger partial charge in [0.2, 0.25) is 0 Å². The topological polar surface area (TPSA) is 0 Å². The standard InChI is InChI=1S/C16H22/c1-8-15(11-10-12(3)4)16(9-2)14(7)13(5)6/h8-11H,1,5,7H2,2-4,6H3/b15-11+,16-9+. The first-order chi connectivity index (χ1) is 7.43. The van der Waals surface area contributed by atoms with Crippen LogP contribution >= 0.6 is 0 Å². The lowest BCUT2D eigenvalue weighted by Gasteiger charge is -2.11. The van der Waals surface area contributed by atoms with Crippen LogP contribution in [0.4, 0.5) is 0 Å². The Bertz CT molecular complexity index is 380. The summed E-state index contributed by atoms with van der Waals surface area (Å²) in [6.45, 7) is 19.9. The lowest BCUT2D eigenvalue weighted by Crippen LogP contribution is -1.92. The van der Waals surface area contributed by atoms with Gasteiger partial charge in [-0.05, 0) is 44.4 Å². The molecule has 0 aromatic carbocycles. The minimum absolute atomic E-state index is 0.968. The molecular formula is C16H22. The van der Waals surface area contributed by atoms with Gasteiger partial charge in [-0.1, -0.05) is 55.2 Å². The molecule has 16 heavy (non-hydrogen) atoms. The van der Waals surface area contributed by atoms with Crippen LogP contribution in [-0.4, -0.2) is 0 Å².